The lowest BCUT2D eigenvalue weighted by molar-refractivity contribution is 0.299. The van der Waals surface area contributed by atoms with E-state index in [2.05, 4.69) is 54.4 Å². The van der Waals surface area contributed by atoms with Gasteiger partial charge in [0.25, 0.3) is 0 Å². The first-order valence-electron chi connectivity index (χ1n) is 9.14. The summed E-state index contributed by atoms with van der Waals surface area (Å²) >= 11 is 0. The van der Waals surface area contributed by atoms with E-state index in [0.29, 0.717) is 0 Å². The number of unbranched alkanes of at least 4 members (excludes halogenated alkanes) is 4. The zero-order valence-electron chi connectivity index (χ0n) is 14.2. The Balaban J connectivity index is 1.88. The van der Waals surface area contributed by atoms with Gasteiger partial charge in [0, 0.05) is 13.0 Å². The van der Waals surface area contributed by atoms with Gasteiger partial charge in [0.15, 0.2) is 0 Å². The van der Waals surface area contributed by atoms with Crippen LogP contribution < -0.4 is 5.32 Å². The van der Waals surface area contributed by atoms with Gasteiger partial charge in [-0.25, -0.2) is 0 Å². The van der Waals surface area contributed by atoms with Crippen molar-refractivity contribution in [3.8, 4) is 11.8 Å². The van der Waals surface area contributed by atoms with E-state index in [-0.39, 0.29) is 5.54 Å². The third-order valence-corrected chi connectivity index (χ3v) is 4.66. The molecule has 0 aromatic heterocycles. The average Bonchev–Trinajstić information content (AvgIpc) is 2.58. The molecule has 1 aromatic carbocycles. The van der Waals surface area contributed by atoms with Crippen LogP contribution >= 0.6 is 0 Å². The molecule has 0 aliphatic heterocycles. The van der Waals surface area contributed by atoms with Crippen molar-refractivity contribution in [2.75, 3.05) is 0 Å². The molecule has 22 heavy (non-hydrogen) atoms. The van der Waals surface area contributed by atoms with Gasteiger partial charge in [-0.1, -0.05) is 81.7 Å². The molecular weight excluding hydrogens is 266 g/mol. The third-order valence-electron chi connectivity index (χ3n) is 4.66. The van der Waals surface area contributed by atoms with Crippen LogP contribution in [0.4, 0.5) is 0 Å². The molecule has 1 aliphatic carbocycles. The first kappa shape index (κ1) is 17.1. The van der Waals surface area contributed by atoms with E-state index in [1.54, 1.807) is 0 Å². The van der Waals surface area contributed by atoms with Crippen molar-refractivity contribution in [3.05, 3.63) is 35.9 Å². The number of benzene rings is 1. The Morgan fingerprint density at radius 1 is 1.00 bits per heavy atom. The number of hydrogen-bond donors (Lipinski definition) is 1. The summed E-state index contributed by atoms with van der Waals surface area (Å²) in [5, 5.41) is 3.78. The highest BCUT2D eigenvalue weighted by molar-refractivity contribution is 5.21. The molecule has 1 nitrogen and oxygen atoms in total. The van der Waals surface area contributed by atoms with Crippen molar-refractivity contribution in [2.24, 2.45) is 0 Å². The van der Waals surface area contributed by atoms with E-state index in [1.165, 1.54) is 63.4 Å². The zero-order chi connectivity index (χ0) is 15.5. The lowest BCUT2D eigenvalue weighted by Crippen LogP contribution is -2.45. The van der Waals surface area contributed by atoms with Crippen molar-refractivity contribution >= 4 is 0 Å². The largest absolute Gasteiger partial charge is 0.297 e. The summed E-state index contributed by atoms with van der Waals surface area (Å²) in [7, 11) is 0. The van der Waals surface area contributed by atoms with E-state index in [1.807, 2.05) is 0 Å². The minimum atomic E-state index is 0.0683. The highest BCUT2D eigenvalue weighted by Gasteiger charge is 2.29. The maximum Gasteiger partial charge on any atom is 0.0803 e. The lowest BCUT2D eigenvalue weighted by atomic mass is 9.82. The van der Waals surface area contributed by atoms with Gasteiger partial charge in [-0.15, -0.1) is 5.92 Å². The minimum absolute atomic E-state index is 0.0683. The fourth-order valence-electron chi connectivity index (χ4n) is 3.24. The second-order valence-electron chi connectivity index (χ2n) is 6.59. The molecule has 120 valence electrons. The first-order valence-corrected chi connectivity index (χ1v) is 9.14. The van der Waals surface area contributed by atoms with Crippen molar-refractivity contribution in [1.29, 1.82) is 0 Å². The molecule has 0 atom stereocenters. The van der Waals surface area contributed by atoms with Gasteiger partial charge in [-0.05, 0) is 24.8 Å². The van der Waals surface area contributed by atoms with Gasteiger partial charge in [0.05, 0.1) is 5.54 Å². The van der Waals surface area contributed by atoms with Crippen molar-refractivity contribution < 1.29 is 0 Å². The molecule has 1 saturated carbocycles. The summed E-state index contributed by atoms with van der Waals surface area (Å²) in [5.74, 6) is 7.10. The maximum absolute atomic E-state index is 3.78. The maximum atomic E-state index is 3.78. The van der Waals surface area contributed by atoms with E-state index in [0.717, 1.165) is 13.0 Å². The summed E-state index contributed by atoms with van der Waals surface area (Å²) in [6.07, 6.45) is 12.7. The van der Waals surface area contributed by atoms with E-state index in [4.69, 9.17) is 0 Å². The Morgan fingerprint density at radius 2 is 1.77 bits per heavy atom. The van der Waals surface area contributed by atoms with E-state index < -0.39 is 0 Å². The van der Waals surface area contributed by atoms with Crippen molar-refractivity contribution in [1.82, 2.24) is 5.32 Å². The van der Waals surface area contributed by atoms with Gasteiger partial charge in [-0.3, -0.25) is 5.32 Å². The predicted octanol–water partition coefficient (Wildman–Crippen LogP) is 5.45. The van der Waals surface area contributed by atoms with Gasteiger partial charge in [-0.2, -0.15) is 0 Å². The predicted molar refractivity (Wildman–Crippen MR) is 95.6 cm³/mol. The van der Waals surface area contributed by atoms with Gasteiger partial charge in [0.1, 0.15) is 0 Å². The highest BCUT2D eigenvalue weighted by Crippen LogP contribution is 2.28. The van der Waals surface area contributed by atoms with Crippen LogP contribution in [-0.4, -0.2) is 5.54 Å². The molecule has 0 spiro atoms. The Morgan fingerprint density at radius 3 is 2.50 bits per heavy atom. The fourth-order valence-corrected chi connectivity index (χ4v) is 3.24. The van der Waals surface area contributed by atoms with E-state index in [9.17, 15) is 0 Å². The molecule has 0 bridgehead atoms. The van der Waals surface area contributed by atoms with Crippen molar-refractivity contribution in [3.63, 3.8) is 0 Å². The van der Waals surface area contributed by atoms with E-state index >= 15 is 0 Å². The van der Waals surface area contributed by atoms with Gasteiger partial charge in [0.2, 0.25) is 0 Å². The van der Waals surface area contributed by atoms with Gasteiger partial charge < -0.3 is 0 Å². The average molecular weight is 297 g/mol. The smallest absolute Gasteiger partial charge is 0.0803 e. The molecule has 2 rings (SSSR count). The summed E-state index contributed by atoms with van der Waals surface area (Å²) in [4.78, 5) is 0. The van der Waals surface area contributed by atoms with Crippen LogP contribution in [0.25, 0.3) is 0 Å². The highest BCUT2D eigenvalue weighted by atomic mass is 15.0. The van der Waals surface area contributed by atoms with Gasteiger partial charge >= 0.3 is 0 Å². The molecule has 1 heteroatoms. The first-order chi connectivity index (χ1) is 10.8. The topological polar surface area (TPSA) is 12.0 Å². The fraction of sp³-hybridized carbons (Fsp3) is 0.619. The SMILES string of the molecule is CCCCCCC#CC1(NCc2ccccc2)CCCCC1. The van der Waals surface area contributed by atoms with Crippen LogP contribution in [0, 0.1) is 11.8 Å². The summed E-state index contributed by atoms with van der Waals surface area (Å²) in [5.41, 5.74) is 1.43. The monoisotopic (exact) mass is 297 g/mol. The number of hydrogen-bond acceptors (Lipinski definition) is 1. The second kappa shape index (κ2) is 9.70. The standard InChI is InChI=1S/C21H31N/c1-2-3-4-5-6-11-16-21(17-12-8-13-18-21)22-19-20-14-9-7-10-15-20/h7,9-10,14-15,22H,2-6,8,12-13,17-19H2,1H3. The molecule has 0 unspecified atom stereocenters. The number of nitrogens with one attached hydrogen (secondary N) is 1. The third kappa shape index (κ3) is 5.85. The lowest BCUT2D eigenvalue weighted by Gasteiger charge is -2.34. The molecule has 1 fully saturated rings. The Bertz CT molecular complexity index is 460. The Hall–Kier alpha value is -1.26. The molecule has 1 N–H and O–H groups in total. The summed E-state index contributed by atoms with van der Waals surface area (Å²) < 4.78 is 0. The quantitative estimate of drug-likeness (QED) is 0.521. The minimum Gasteiger partial charge on any atom is -0.297 e. The molecule has 0 saturated heterocycles. The van der Waals surface area contributed by atoms with Crippen LogP contribution in [0.15, 0.2) is 30.3 Å². The molecular formula is C21H31N. The molecule has 0 amide bonds. The Labute approximate surface area is 136 Å². The van der Waals surface area contributed by atoms with Crippen LogP contribution in [0.3, 0.4) is 0 Å². The van der Waals surface area contributed by atoms with Crippen LogP contribution in [0.1, 0.15) is 76.7 Å². The zero-order valence-corrected chi connectivity index (χ0v) is 14.2. The van der Waals surface area contributed by atoms with Crippen LogP contribution in [-0.2, 0) is 6.54 Å². The normalized spacial score (nSPS) is 16.8. The molecule has 1 aliphatic rings. The van der Waals surface area contributed by atoms with Crippen LogP contribution in [0.5, 0.6) is 0 Å². The molecule has 0 heterocycles. The molecule has 1 aromatic rings. The second-order valence-corrected chi connectivity index (χ2v) is 6.59. The Kier molecular flexibility index (Phi) is 7.54. The molecule has 0 radical (unpaired) electrons. The summed E-state index contributed by atoms with van der Waals surface area (Å²) in [6.45, 7) is 3.20. The van der Waals surface area contributed by atoms with Crippen molar-refractivity contribution in [2.45, 2.75) is 83.2 Å². The number of rotatable bonds is 7. The van der Waals surface area contributed by atoms with Crippen LogP contribution in [0.2, 0.25) is 0 Å². The summed E-state index contributed by atoms with van der Waals surface area (Å²) in [6, 6.07) is 10.7.